The number of carbonyl (C=O) groups excluding carboxylic acids is 1. The summed E-state index contributed by atoms with van der Waals surface area (Å²) in [7, 11) is -0.863. The van der Waals surface area contributed by atoms with Crippen LogP contribution >= 0.6 is 0 Å². The third kappa shape index (κ3) is 7.59. The van der Waals surface area contributed by atoms with Crippen molar-refractivity contribution < 1.29 is 37.3 Å². The van der Waals surface area contributed by atoms with Crippen LogP contribution < -0.4 is 14.8 Å². The van der Waals surface area contributed by atoms with E-state index in [-0.39, 0.29) is 30.8 Å². The fraction of sp³-hybridized carbons (Fsp3) is 0.412. The average Bonchev–Trinajstić information content (AvgIpc) is 3.02. The van der Waals surface area contributed by atoms with Gasteiger partial charge in [0.1, 0.15) is 27.9 Å². The van der Waals surface area contributed by atoms with Gasteiger partial charge >= 0.3 is 12.1 Å². The van der Waals surface area contributed by atoms with E-state index in [1.54, 1.807) is 65.3 Å². The van der Waals surface area contributed by atoms with E-state index in [0.29, 0.717) is 30.0 Å². The van der Waals surface area contributed by atoms with Crippen molar-refractivity contribution in [2.24, 2.45) is 0 Å². The van der Waals surface area contributed by atoms with Gasteiger partial charge in [-0.25, -0.2) is 18.0 Å². The van der Waals surface area contributed by atoms with Gasteiger partial charge in [0.15, 0.2) is 9.84 Å². The van der Waals surface area contributed by atoms with Crippen molar-refractivity contribution in [2.75, 3.05) is 33.9 Å². The van der Waals surface area contributed by atoms with Gasteiger partial charge in [0.05, 0.1) is 24.7 Å². The van der Waals surface area contributed by atoms with Gasteiger partial charge in [0, 0.05) is 19.5 Å². The van der Waals surface area contributed by atoms with Gasteiger partial charge in [0.25, 0.3) is 0 Å². The SMILES string of the molecule is COc1cccc(OC)c1-c1ccc(C[C@@H](C(=O)O)N(CC2(S(=O)(=O)c3ccccc3)CCCNC2)C(=O)OC(C)(C)C)cc1. The van der Waals surface area contributed by atoms with Crippen LogP contribution in [-0.2, 0) is 25.8 Å². The van der Waals surface area contributed by atoms with Crippen LogP contribution in [0.25, 0.3) is 11.1 Å². The summed E-state index contributed by atoms with van der Waals surface area (Å²) in [6, 6.07) is 19.4. The molecule has 1 saturated heterocycles. The van der Waals surface area contributed by atoms with E-state index in [9.17, 15) is 23.1 Å². The first-order chi connectivity index (χ1) is 21.3. The highest BCUT2D eigenvalue weighted by Gasteiger charge is 2.50. The van der Waals surface area contributed by atoms with Gasteiger partial charge < -0.3 is 24.6 Å². The van der Waals surface area contributed by atoms with E-state index in [1.165, 1.54) is 12.1 Å². The molecule has 0 radical (unpaired) electrons. The number of hydrogen-bond donors (Lipinski definition) is 2. The number of carboxylic acids is 1. The molecular weight excluding hydrogens is 596 g/mol. The number of nitrogens with one attached hydrogen (secondary N) is 1. The predicted octanol–water partition coefficient (Wildman–Crippen LogP) is 5.20. The number of carboxylic acid groups (broad SMARTS) is 1. The van der Waals surface area contributed by atoms with E-state index in [0.717, 1.165) is 16.0 Å². The summed E-state index contributed by atoms with van der Waals surface area (Å²) in [5.74, 6) is -0.0346. The largest absolute Gasteiger partial charge is 0.496 e. The highest BCUT2D eigenvalue weighted by Crippen LogP contribution is 2.39. The zero-order chi connectivity index (χ0) is 32.8. The molecule has 45 heavy (non-hydrogen) atoms. The number of piperidine rings is 1. The summed E-state index contributed by atoms with van der Waals surface area (Å²) in [6.45, 7) is 5.36. The summed E-state index contributed by atoms with van der Waals surface area (Å²) in [5, 5.41) is 13.7. The number of hydrogen-bond acceptors (Lipinski definition) is 8. The van der Waals surface area contributed by atoms with Gasteiger partial charge in [-0.2, -0.15) is 0 Å². The third-order valence-electron chi connectivity index (χ3n) is 7.90. The second-order valence-corrected chi connectivity index (χ2v) is 14.5. The zero-order valence-electron chi connectivity index (χ0n) is 26.4. The topological polar surface area (TPSA) is 131 Å². The quantitative estimate of drug-likeness (QED) is 0.291. The predicted molar refractivity (Wildman–Crippen MR) is 172 cm³/mol. The summed E-state index contributed by atoms with van der Waals surface area (Å²) in [6.07, 6.45) is -0.177. The van der Waals surface area contributed by atoms with Gasteiger partial charge in [-0.1, -0.05) is 48.5 Å². The molecule has 1 aliphatic rings. The van der Waals surface area contributed by atoms with Crippen LogP contribution in [0.3, 0.4) is 0 Å². The maximum Gasteiger partial charge on any atom is 0.411 e. The summed E-state index contributed by atoms with van der Waals surface area (Å²) in [4.78, 5) is 27.8. The second kappa shape index (κ2) is 13.9. The number of sulfone groups is 1. The number of nitrogens with zero attached hydrogens (tertiary/aromatic N) is 1. The number of benzene rings is 3. The van der Waals surface area contributed by atoms with E-state index in [2.05, 4.69) is 5.32 Å². The molecule has 2 atom stereocenters. The Kier molecular flexibility index (Phi) is 10.4. The molecule has 0 aliphatic carbocycles. The van der Waals surface area contributed by atoms with Crippen molar-refractivity contribution in [3.63, 3.8) is 0 Å². The lowest BCUT2D eigenvalue weighted by molar-refractivity contribution is -0.143. The van der Waals surface area contributed by atoms with Crippen LogP contribution in [0.5, 0.6) is 11.5 Å². The van der Waals surface area contributed by atoms with E-state index < -0.39 is 38.3 Å². The molecule has 1 unspecified atom stereocenters. The lowest BCUT2D eigenvalue weighted by atomic mass is 9.95. The highest BCUT2D eigenvalue weighted by molar-refractivity contribution is 7.93. The molecule has 2 N–H and O–H groups in total. The normalized spacial score (nSPS) is 17.6. The minimum atomic E-state index is -4.01. The number of methoxy groups -OCH3 is 2. The molecule has 242 valence electrons. The Morgan fingerprint density at radius 2 is 1.58 bits per heavy atom. The molecular formula is C34H42N2O8S. The van der Waals surface area contributed by atoms with Crippen LogP contribution in [0.2, 0.25) is 0 Å². The lowest BCUT2D eigenvalue weighted by Crippen LogP contribution is -2.61. The van der Waals surface area contributed by atoms with Crippen LogP contribution in [0.15, 0.2) is 77.7 Å². The Morgan fingerprint density at radius 1 is 0.956 bits per heavy atom. The molecule has 11 heteroatoms. The molecule has 1 aliphatic heterocycles. The smallest absolute Gasteiger partial charge is 0.411 e. The fourth-order valence-electron chi connectivity index (χ4n) is 5.67. The first-order valence-electron chi connectivity index (χ1n) is 14.8. The minimum absolute atomic E-state index is 0.0608. The Labute approximate surface area is 265 Å². The molecule has 3 aromatic carbocycles. The van der Waals surface area contributed by atoms with E-state index >= 15 is 0 Å². The monoisotopic (exact) mass is 638 g/mol. The van der Waals surface area contributed by atoms with E-state index in [4.69, 9.17) is 14.2 Å². The number of rotatable bonds is 11. The van der Waals surface area contributed by atoms with Crippen LogP contribution in [0.4, 0.5) is 4.79 Å². The van der Waals surface area contributed by atoms with Gasteiger partial charge in [0.2, 0.25) is 0 Å². The van der Waals surface area contributed by atoms with Crippen molar-refractivity contribution in [3.05, 3.63) is 78.4 Å². The fourth-order valence-corrected chi connectivity index (χ4v) is 7.70. The Morgan fingerprint density at radius 3 is 2.09 bits per heavy atom. The van der Waals surface area contributed by atoms with Gasteiger partial charge in [-0.15, -0.1) is 0 Å². The van der Waals surface area contributed by atoms with Crippen LogP contribution in [-0.4, -0.2) is 80.7 Å². The molecule has 10 nitrogen and oxygen atoms in total. The molecule has 1 amide bonds. The Bertz CT molecular complexity index is 1560. The van der Waals surface area contributed by atoms with Crippen molar-refractivity contribution in [1.82, 2.24) is 10.2 Å². The molecule has 1 fully saturated rings. The second-order valence-electron chi connectivity index (χ2n) is 12.2. The Balaban J connectivity index is 1.74. The first kappa shape index (κ1) is 33.8. The molecule has 4 rings (SSSR count). The molecule has 3 aromatic rings. The van der Waals surface area contributed by atoms with Crippen LogP contribution in [0, 0.1) is 0 Å². The van der Waals surface area contributed by atoms with Gasteiger partial charge in [-0.3, -0.25) is 4.90 Å². The maximum atomic E-state index is 14.2. The highest BCUT2D eigenvalue weighted by atomic mass is 32.2. The first-order valence-corrected chi connectivity index (χ1v) is 16.3. The Hall–Kier alpha value is -4.09. The maximum absolute atomic E-state index is 14.2. The minimum Gasteiger partial charge on any atom is -0.496 e. The molecule has 0 aromatic heterocycles. The summed E-state index contributed by atoms with van der Waals surface area (Å²) < 4.78 is 43.7. The van der Waals surface area contributed by atoms with Crippen molar-refractivity contribution in [1.29, 1.82) is 0 Å². The molecule has 0 saturated carbocycles. The number of amides is 1. The van der Waals surface area contributed by atoms with Crippen LogP contribution in [0.1, 0.15) is 39.2 Å². The average molecular weight is 639 g/mol. The molecule has 0 bridgehead atoms. The standard InChI is InChI=1S/C34H42N2O8S/c1-33(2,3)44-32(39)36(23-34(19-10-20-35-22-34)45(40,41)26-11-7-6-8-12-26)27(31(37)38)21-24-15-17-25(18-16-24)30-28(42-4)13-9-14-29(30)43-5/h6-9,11-18,27,35H,10,19-23H2,1-5H3,(H,37,38)/t27-,34?/m0/s1. The van der Waals surface area contributed by atoms with Gasteiger partial charge in [-0.05, 0) is 75.5 Å². The summed E-state index contributed by atoms with van der Waals surface area (Å²) in [5.41, 5.74) is 1.24. The molecule has 0 spiro atoms. The van der Waals surface area contributed by atoms with E-state index in [1.807, 2.05) is 30.3 Å². The van der Waals surface area contributed by atoms with Crippen molar-refractivity contribution >= 4 is 21.9 Å². The number of ether oxygens (including phenoxy) is 3. The number of aliphatic carboxylic acids is 1. The van der Waals surface area contributed by atoms with Crippen molar-refractivity contribution in [3.8, 4) is 22.6 Å². The van der Waals surface area contributed by atoms with Crippen molar-refractivity contribution in [2.45, 2.75) is 61.3 Å². The zero-order valence-corrected chi connectivity index (χ0v) is 27.2. The summed E-state index contributed by atoms with van der Waals surface area (Å²) >= 11 is 0. The molecule has 1 heterocycles. The third-order valence-corrected chi connectivity index (χ3v) is 10.4. The lowest BCUT2D eigenvalue weighted by Gasteiger charge is -2.42. The number of carbonyl (C=O) groups is 2.